The van der Waals surface area contributed by atoms with Gasteiger partial charge in [0, 0.05) is 18.9 Å². The maximum Gasteiger partial charge on any atom is 0.242 e. The molecule has 0 aromatic carbocycles. The highest BCUT2D eigenvalue weighted by molar-refractivity contribution is 7.89. The first-order chi connectivity index (χ1) is 8.94. The van der Waals surface area contributed by atoms with E-state index in [-0.39, 0.29) is 11.5 Å². The number of rotatable bonds is 5. The highest BCUT2D eigenvalue weighted by Crippen LogP contribution is 2.16. The quantitative estimate of drug-likeness (QED) is 0.696. The van der Waals surface area contributed by atoms with Crippen molar-refractivity contribution in [3.8, 4) is 0 Å². The standard InChI is InChI=1S/C10H15N5O3S/c1-7(10-11-6-12-13-10)14-19(17,18)9-3-8(5-16)15(2)4-9/h3-4,6-7,14,16H,5H2,1-2H3,(H,11,12,13). The lowest BCUT2D eigenvalue weighted by atomic mass is 10.3. The van der Waals surface area contributed by atoms with Gasteiger partial charge >= 0.3 is 0 Å². The van der Waals surface area contributed by atoms with E-state index in [1.54, 1.807) is 18.5 Å². The first-order valence-electron chi connectivity index (χ1n) is 5.57. The van der Waals surface area contributed by atoms with Crippen LogP contribution in [-0.4, -0.2) is 33.3 Å². The molecule has 2 heterocycles. The molecule has 0 saturated heterocycles. The number of aliphatic hydroxyl groups excluding tert-OH is 1. The minimum Gasteiger partial charge on any atom is -0.390 e. The van der Waals surface area contributed by atoms with Gasteiger partial charge in [-0.1, -0.05) is 0 Å². The van der Waals surface area contributed by atoms with E-state index >= 15 is 0 Å². The third-order valence-electron chi connectivity index (χ3n) is 2.73. The van der Waals surface area contributed by atoms with Crippen LogP contribution in [0.3, 0.4) is 0 Å². The lowest BCUT2D eigenvalue weighted by Gasteiger charge is -2.10. The van der Waals surface area contributed by atoms with E-state index in [0.717, 1.165) is 0 Å². The molecule has 0 aliphatic heterocycles. The van der Waals surface area contributed by atoms with E-state index in [0.29, 0.717) is 11.5 Å². The molecule has 19 heavy (non-hydrogen) atoms. The highest BCUT2D eigenvalue weighted by Gasteiger charge is 2.21. The number of nitrogens with one attached hydrogen (secondary N) is 2. The number of sulfonamides is 1. The lowest BCUT2D eigenvalue weighted by Crippen LogP contribution is -2.27. The maximum absolute atomic E-state index is 12.2. The van der Waals surface area contributed by atoms with Crippen molar-refractivity contribution in [1.29, 1.82) is 0 Å². The molecule has 0 fully saturated rings. The van der Waals surface area contributed by atoms with Crippen molar-refractivity contribution in [3.63, 3.8) is 0 Å². The van der Waals surface area contributed by atoms with E-state index in [1.165, 1.54) is 18.6 Å². The molecule has 0 saturated carbocycles. The second kappa shape index (κ2) is 5.11. The minimum atomic E-state index is -3.67. The highest BCUT2D eigenvalue weighted by atomic mass is 32.2. The van der Waals surface area contributed by atoms with Crippen LogP contribution in [0, 0.1) is 0 Å². The van der Waals surface area contributed by atoms with Crippen molar-refractivity contribution in [1.82, 2.24) is 24.5 Å². The monoisotopic (exact) mass is 285 g/mol. The fourth-order valence-corrected chi connectivity index (χ4v) is 2.96. The number of nitrogens with zero attached hydrogens (tertiary/aromatic N) is 3. The first kappa shape index (κ1) is 13.7. The SMILES string of the molecule is CC(NS(=O)(=O)c1cc(CO)n(C)c1)c1ncn[nH]1. The fraction of sp³-hybridized carbons (Fsp3) is 0.400. The van der Waals surface area contributed by atoms with Gasteiger partial charge in [-0.15, -0.1) is 0 Å². The third-order valence-corrected chi connectivity index (χ3v) is 4.24. The second-order valence-electron chi connectivity index (χ2n) is 4.15. The van der Waals surface area contributed by atoms with E-state index in [9.17, 15) is 8.42 Å². The molecule has 0 radical (unpaired) electrons. The summed E-state index contributed by atoms with van der Waals surface area (Å²) < 4.78 is 28.3. The van der Waals surface area contributed by atoms with Gasteiger partial charge in [0.15, 0.2) is 0 Å². The van der Waals surface area contributed by atoms with Gasteiger partial charge in [-0.25, -0.2) is 18.1 Å². The third kappa shape index (κ3) is 2.83. The number of hydrogen-bond donors (Lipinski definition) is 3. The van der Waals surface area contributed by atoms with Crippen LogP contribution >= 0.6 is 0 Å². The Bertz CT molecular complexity index is 647. The molecule has 1 atom stereocenters. The molecule has 2 aromatic heterocycles. The van der Waals surface area contributed by atoms with E-state index in [4.69, 9.17) is 5.11 Å². The Morgan fingerprint density at radius 2 is 2.32 bits per heavy atom. The van der Waals surface area contributed by atoms with Gasteiger partial charge in [-0.3, -0.25) is 5.10 Å². The van der Waals surface area contributed by atoms with Crippen molar-refractivity contribution in [2.75, 3.05) is 0 Å². The fourth-order valence-electron chi connectivity index (χ4n) is 1.66. The Morgan fingerprint density at radius 3 is 2.84 bits per heavy atom. The predicted octanol–water partition coefficient (Wildman–Crippen LogP) is -0.325. The summed E-state index contributed by atoms with van der Waals surface area (Å²) in [5, 5.41) is 15.3. The van der Waals surface area contributed by atoms with Crippen LogP contribution in [0.25, 0.3) is 0 Å². The first-order valence-corrected chi connectivity index (χ1v) is 7.06. The Labute approximate surface area is 110 Å². The normalized spacial score (nSPS) is 13.6. The van der Waals surface area contributed by atoms with Gasteiger partial charge in [0.2, 0.25) is 10.0 Å². The van der Waals surface area contributed by atoms with Gasteiger partial charge in [-0.2, -0.15) is 5.10 Å². The van der Waals surface area contributed by atoms with Crippen LogP contribution in [0.1, 0.15) is 24.5 Å². The van der Waals surface area contributed by atoms with E-state index in [1.807, 2.05) is 0 Å². The largest absolute Gasteiger partial charge is 0.390 e. The Kier molecular flexibility index (Phi) is 3.69. The summed E-state index contributed by atoms with van der Waals surface area (Å²) in [6.45, 7) is 1.44. The van der Waals surface area contributed by atoms with Crippen molar-refractivity contribution < 1.29 is 13.5 Å². The summed E-state index contributed by atoms with van der Waals surface area (Å²) in [6.07, 6.45) is 2.76. The Hall–Kier alpha value is -1.71. The number of aromatic nitrogens is 4. The zero-order valence-electron chi connectivity index (χ0n) is 10.5. The zero-order chi connectivity index (χ0) is 14.0. The molecule has 0 amide bonds. The van der Waals surface area contributed by atoms with Crippen LogP contribution in [0.15, 0.2) is 23.5 Å². The molecule has 2 rings (SSSR count). The van der Waals surface area contributed by atoms with Crippen LogP contribution in [-0.2, 0) is 23.7 Å². The molecule has 0 spiro atoms. The van der Waals surface area contributed by atoms with Crippen LogP contribution < -0.4 is 4.72 Å². The van der Waals surface area contributed by atoms with Crippen LogP contribution in [0.5, 0.6) is 0 Å². The minimum absolute atomic E-state index is 0.102. The molecular formula is C10H15N5O3S. The van der Waals surface area contributed by atoms with Crippen molar-refractivity contribution in [3.05, 3.63) is 30.1 Å². The molecule has 2 aromatic rings. The van der Waals surface area contributed by atoms with Crippen LogP contribution in [0.4, 0.5) is 0 Å². The summed E-state index contributed by atoms with van der Waals surface area (Å²) in [5.41, 5.74) is 0.521. The molecule has 0 bridgehead atoms. The van der Waals surface area contributed by atoms with Crippen molar-refractivity contribution in [2.45, 2.75) is 24.5 Å². The molecule has 1 unspecified atom stereocenters. The van der Waals surface area contributed by atoms with Crippen molar-refractivity contribution in [2.24, 2.45) is 7.05 Å². The number of aromatic amines is 1. The molecule has 0 aliphatic rings. The lowest BCUT2D eigenvalue weighted by molar-refractivity contribution is 0.272. The van der Waals surface area contributed by atoms with Gasteiger partial charge in [0.05, 0.1) is 17.5 Å². The van der Waals surface area contributed by atoms with Gasteiger partial charge < -0.3 is 9.67 Å². The smallest absolute Gasteiger partial charge is 0.242 e. The van der Waals surface area contributed by atoms with Crippen LogP contribution in [0.2, 0.25) is 0 Å². The van der Waals surface area contributed by atoms with Gasteiger partial charge in [0.1, 0.15) is 12.2 Å². The second-order valence-corrected chi connectivity index (χ2v) is 5.86. The Balaban J connectivity index is 2.22. The summed E-state index contributed by atoms with van der Waals surface area (Å²) in [7, 11) is -2.00. The molecule has 8 nitrogen and oxygen atoms in total. The van der Waals surface area contributed by atoms with E-state index < -0.39 is 16.1 Å². The molecule has 9 heteroatoms. The van der Waals surface area contributed by atoms with E-state index in [2.05, 4.69) is 19.9 Å². The average molecular weight is 285 g/mol. The van der Waals surface area contributed by atoms with Gasteiger partial charge in [0.25, 0.3) is 0 Å². The zero-order valence-corrected chi connectivity index (χ0v) is 11.3. The summed E-state index contributed by atoms with van der Waals surface area (Å²) in [5.74, 6) is 0.432. The summed E-state index contributed by atoms with van der Waals surface area (Å²) >= 11 is 0. The number of aryl methyl sites for hydroxylation is 1. The maximum atomic E-state index is 12.2. The molecule has 0 aliphatic carbocycles. The summed E-state index contributed by atoms with van der Waals surface area (Å²) in [4.78, 5) is 4.00. The molecule has 3 N–H and O–H groups in total. The number of H-pyrrole nitrogens is 1. The molecule has 104 valence electrons. The number of hydrogen-bond acceptors (Lipinski definition) is 5. The number of aliphatic hydroxyl groups is 1. The topological polar surface area (TPSA) is 113 Å². The predicted molar refractivity (Wildman–Crippen MR) is 66.5 cm³/mol. The molecular weight excluding hydrogens is 270 g/mol. The van der Waals surface area contributed by atoms with Gasteiger partial charge in [-0.05, 0) is 13.0 Å². The van der Waals surface area contributed by atoms with Crippen molar-refractivity contribution >= 4 is 10.0 Å². The summed E-state index contributed by atoms with van der Waals surface area (Å²) in [6, 6.07) is 0.903. The Morgan fingerprint density at radius 1 is 1.58 bits per heavy atom. The average Bonchev–Trinajstić information content (AvgIpc) is 2.96.